The third-order valence-electron chi connectivity index (χ3n) is 11.7. The van der Waals surface area contributed by atoms with Crippen molar-refractivity contribution in [3.8, 4) is 67.3 Å². The van der Waals surface area contributed by atoms with Gasteiger partial charge < -0.3 is 4.42 Å². The summed E-state index contributed by atoms with van der Waals surface area (Å²) in [5, 5.41) is 4.76. The lowest BCUT2D eigenvalue weighted by atomic mass is 9.81. The first-order valence-electron chi connectivity index (χ1n) is 19.2. The average molecular weight is 717 g/mol. The van der Waals surface area contributed by atoms with Gasteiger partial charge >= 0.3 is 0 Å². The molecule has 0 atom stereocenters. The van der Waals surface area contributed by atoms with Crippen LogP contribution >= 0.6 is 0 Å². The number of hydrogen-bond acceptors (Lipinski definition) is 3. The van der Waals surface area contributed by atoms with Crippen LogP contribution in [-0.4, -0.2) is 9.97 Å². The van der Waals surface area contributed by atoms with Crippen LogP contribution in [0.3, 0.4) is 0 Å². The maximum atomic E-state index is 6.33. The normalized spacial score (nSPS) is 13.0. The average Bonchev–Trinajstić information content (AvgIpc) is 3.74. The number of benzene rings is 8. The molecule has 264 valence electrons. The van der Waals surface area contributed by atoms with E-state index in [1.165, 1.54) is 38.6 Å². The molecule has 2 aromatic heterocycles. The second kappa shape index (κ2) is 12.5. The SMILES string of the molecule is CC1(C)c2cc3ccccc3cc2-c2c(-c3ccccc3-c3cc(-c4ccccc4-c4ccc5c(c4)oc4ccccc45)nc(-c4ccccc4)n3)cccc21. The molecule has 11 rings (SSSR count). The lowest BCUT2D eigenvalue weighted by Crippen LogP contribution is -2.14. The lowest BCUT2D eigenvalue weighted by molar-refractivity contribution is 0.661. The van der Waals surface area contributed by atoms with E-state index in [1.807, 2.05) is 30.3 Å². The van der Waals surface area contributed by atoms with Crippen LogP contribution < -0.4 is 0 Å². The number of hydrogen-bond donors (Lipinski definition) is 0. The predicted molar refractivity (Wildman–Crippen MR) is 232 cm³/mol. The summed E-state index contributed by atoms with van der Waals surface area (Å²) >= 11 is 0. The fraction of sp³-hybridized carbons (Fsp3) is 0.0566. The third kappa shape index (κ3) is 5.05. The highest BCUT2D eigenvalue weighted by molar-refractivity contribution is 6.06. The minimum absolute atomic E-state index is 0.142. The van der Waals surface area contributed by atoms with Crippen molar-refractivity contribution < 1.29 is 4.42 Å². The summed E-state index contributed by atoms with van der Waals surface area (Å²) in [5.41, 5.74) is 16.2. The van der Waals surface area contributed by atoms with E-state index < -0.39 is 0 Å². The molecule has 0 amide bonds. The van der Waals surface area contributed by atoms with Gasteiger partial charge in [0.1, 0.15) is 11.2 Å². The Morgan fingerprint density at radius 2 is 1.00 bits per heavy atom. The number of rotatable bonds is 5. The maximum Gasteiger partial charge on any atom is 0.160 e. The molecule has 0 N–H and O–H groups in total. The Balaban J connectivity index is 1.11. The fourth-order valence-electron chi connectivity index (χ4n) is 8.93. The lowest BCUT2D eigenvalue weighted by Gasteiger charge is -2.22. The minimum atomic E-state index is -0.142. The molecule has 0 fully saturated rings. The van der Waals surface area contributed by atoms with Crippen LogP contribution in [0, 0.1) is 0 Å². The first-order valence-corrected chi connectivity index (χ1v) is 19.2. The second-order valence-corrected chi connectivity index (χ2v) is 15.3. The van der Waals surface area contributed by atoms with Gasteiger partial charge in [-0.25, -0.2) is 9.97 Å². The molecule has 0 aliphatic heterocycles. The molecule has 8 aromatic carbocycles. The van der Waals surface area contributed by atoms with Gasteiger partial charge in [0.05, 0.1) is 11.4 Å². The molecule has 0 saturated carbocycles. The van der Waals surface area contributed by atoms with E-state index in [0.717, 1.165) is 66.7 Å². The molecule has 3 heteroatoms. The van der Waals surface area contributed by atoms with Crippen molar-refractivity contribution in [3.63, 3.8) is 0 Å². The number of nitrogens with zero attached hydrogens (tertiary/aromatic N) is 2. The zero-order valence-corrected chi connectivity index (χ0v) is 31.1. The van der Waals surface area contributed by atoms with E-state index >= 15 is 0 Å². The Hall–Kier alpha value is -7.10. The van der Waals surface area contributed by atoms with E-state index in [4.69, 9.17) is 14.4 Å². The number of furan rings is 1. The monoisotopic (exact) mass is 716 g/mol. The molecular formula is C53H36N2O. The van der Waals surface area contributed by atoms with Crippen molar-refractivity contribution >= 4 is 32.7 Å². The van der Waals surface area contributed by atoms with E-state index in [9.17, 15) is 0 Å². The molecule has 1 aliphatic rings. The van der Waals surface area contributed by atoms with Crippen molar-refractivity contribution in [3.05, 3.63) is 193 Å². The number of aromatic nitrogens is 2. The van der Waals surface area contributed by atoms with Crippen LogP contribution in [-0.2, 0) is 5.41 Å². The van der Waals surface area contributed by atoms with Crippen LogP contribution in [0.15, 0.2) is 186 Å². The smallest absolute Gasteiger partial charge is 0.160 e. The summed E-state index contributed by atoms with van der Waals surface area (Å²) in [6.07, 6.45) is 0. The van der Waals surface area contributed by atoms with E-state index in [-0.39, 0.29) is 5.41 Å². The minimum Gasteiger partial charge on any atom is -0.456 e. The van der Waals surface area contributed by atoms with Gasteiger partial charge in [0.2, 0.25) is 0 Å². The molecule has 56 heavy (non-hydrogen) atoms. The molecule has 3 nitrogen and oxygen atoms in total. The van der Waals surface area contributed by atoms with Crippen molar-refractivity contribution in [1.29, 1.82) is 0 Å². The van der Waals surface area contributed by atoms with E-state index in [1.54, 1.807) is 0 Å². The molecular weight excluding hydrogens is 681 g/mol. The molecule has 0 saturated heterocycles. The van der Waals surface area contributed by atoms with Crippen LogP contribution in [0.5, 0.6) is 0 Å². The molecule has 0 unspecified atom stereocenters. The van der Waals surface area contributed by atoms with Gasteiger partial charge in [0, 0.05) is 32.9 Å². The third-order valence-corrected chi connectivity index (χ3v) is 11.7. The van der Waals surface area contributed by atoms with Crippen LogP contribution in [0.4, 0.5) is 0 Å². The summed E-state index contributed by atoms with van der Waals surface area (Å²) < 4.78 is 6.33. The van der Waals surface area contributed by atoms with Crippen LogP contribution in [0.2, 0.25) is 0 Å². The molecule has 1 aliphatic carbocycles. The Kier molecular flexibility index (Phi) is 7.20. The van der Waals surface area contributed by atoms with Gasteiger partial charge in [0.25, 0.3) is 0 Å². The van der Waals surface area contributed by atoms with Crippen molar-refractivity contribution in [2.24, 2.45) is 0 Å². The summed E-state index contributed by atoms with van der Waals surface area (Å²) in [6, 6.07) is 64.7. The summed E-state index contributed by atoms with van der Waals surface area (Å²) in [5.74, 6) is 0.687. The highest BCUT2D eigenvalue weighted by Gasteiger charge is 2.37. The number of para-hydroxylation sites is 1. The van der Waals surface area contributed by atoms with Crippen molar-refractivity contribution in [2.45, 2.75) is 19.3 Å². The fourth-order valence-corrected chi connectivity index (χ4v) is 8.93. The van der Waals surface area contributed by atoms with E-state index in [0.29, 0.717) is 5.82 Å². The molecule has 0 radical (unpaired) electrons. The van der Waals surface area contributed by atoms with Crippen LogP contribution in [0.1, 0.15) is 25.0 Å². The highest BCUT2D eigenvalue weighted by atomic mass is 16.3. The Labute approximate surface area is 325 Å². The zero-order valence-electron chi connectivity index (χ0n) is 31.1. The Morgan fingerprint density at radius 3 is 1.79 bits per heavy atom. The predicted octanol–water partition coefficient (Wildman–Crippen LogP) is 14.2. The molecule has 2 heterocycles. The number of fused-ring (bicyclic) bond motifs is 7. The largest absolute Gasteiger partial charge is 0.456 e. The first-order chi connectivity index (χ1) is 27.5. The van der Waals surface area contributed by atoms with Crippen molar-refractivity contribution in [1.82, 2.24) is 9.97 Å². The molecule has 0 spiro atoms. The van der Waals surface area contributed by atoms with Gasteiger partial charge in [-0.2, -0.15) is 0 Å². The first kappa shape index (κ1) is 32.3. The van der Waals surface area contributed by atoms with Gasteiger partial charge in [-0.3, -0.25) is 0 Å². The summed E-state index contributed by atoms with van der Waals surface area (Å²) in [6.45, 7) is 4.71. The van der Waals surface area contributed by atoms with Crippen LogP contribution in [0.25, 0.3) is 100.0 Å². The highest BCUT2D eigenvalue weighted by Crippen LogP contribution is 2.54. The Morgan fingerprint density at radius 1 is 0.393 bits per heavy atom. The molecule has 0 bridgehead atoms. The zero-order chi connectivity index (χ0) is 37.4. The van der Waals surface area contributed by atoms with Crippen molar-refractivity contribution in [2.75, 3.05) is 0 Å². The quantitative estimate of drug-likeness (QED) is 0.178. The van der Waals surface area contributed by atoms with Gasteiger partial charge in [-0.05, 0) is 91.7 Å². The maximum absolute atomic E-state index is 6.33. The topological polar surface area (TPSA) is 38.9 Å². The van der Waals surface area contributed by atoms with Gasteiger partial charge in [-0.1, -0.05) is 159 Å². The summed E-state index contributed by atoms with van der Waals surface area (Å²) in [7, 11) is 0. The van der Waals surface area contributed by atoms with E-state index in [2.05, 4.69) is 166 Å². The van der Waals surface area contributed by atoms with Gasteiger partial charge in [-0.15, -0.1) is 0 Å². The van der Waals surface area contributed by atoms with Gasteiger partial charge in [0.15, 0.2) is 5.82 Å². The molecule has 10 aromatic rings. The second-order valence-electron chi connectivity index (χ2n) is 15.3. The Bertz CT molecular complexity index is 3170. The summed E-state index contributed by atoms with van der Waals surface area (Å²) in [4.78, 5) is 10.6. The standard InChI is InChI=1S/C53H36N2O/c1-53(2)45-25-14-24-43(51(45)44-29-34-17-6-7-18-35(34)30-46(44)53)38-20-9-11-22-40(38)48-32-47(54-52(55-48)33-15-4-3-5-16-33)39-21-10-8-19-37(39)36-27-28-42-41-23-12-13-26-49(41)56-50(42)31-36/h3-32H,1-2H3.